The van der Waals surface area contributed by atoms with E-state index in [0.717, 1.165) is 18.9 Å². The van der Waals surface area contributed by atoms with E-state index in [4.69, 9.17) is 11.6 Å². The number of benzene rings is 1. The van der Waals surface area contributed by atoms with Gasteiger partial charge < -0.3 is 9.80 Å². The topological polar surface area (TPSA) is 54.3 Å². The first-order valence-corrected chi connectivity index (χ1v) is 10.0. The fraction of sp³-hybridized carbons (Fsp3) is 0.227. The molecule has 154 valence electrons. The lowest BCUT2D eigenvalue weighted by atomic mass is 10.2. The summed E-state index contributed by atoms with van der Waals surface area (Å²) in [4.78, 5) is 21.0. The van der Waals surface area contributed by atoms with Crippen molar-refractivity contribution in [2.45, 2.75) is 6.92 Å². The molecule has 30 heavy (non-hydrogen) atoms. The molecule has 2 aromatic heterocycles. The highest BCUT2D eigenvalue weighted by Gasteiger charge is 2.21. The maximum atomic E-state index is 13.2. The van der Waals surface area contributed by atoms with Crippen LogP contribution in [-0.2, 0) is 4.79 Å². The number of carbonyl (C=O) groups excluding carboxylic acids is 1. The summed E-state index contributed by atoms with van der Waals surface area (Å²) in [5.74, 6) is 0.532. The number of halogens is 2. The second-order valence-corrected chi connectivity index (χ2v) is 7.37. The lowest BCUT2D eigenvalue weighted by Crippen LogP contribution is -2.48. The molecule has 1 aliphatic heterocycles. The maximum Gasteiger partial charge on any atom is 0.246 e. The number of rotatable bonds is 4. The summed E-state index contributed by atoms with van der Waals surface area (Å²) < 4.78 is 14.7. The highest BCUT2D eigenvalue weighted by Crippen LogP contribution is 2.25. The highest BCUT2D eigenvalue weighted by molar-refractivity contribution is 6.31. The molecule has 3 aromatic rings. The van der Waals surface area contributed by atoms with Gasteiger partial charge in [-0.1, -0.05) is 17.7 Å². The Bertz CT molecular complexity index is 1060. The molecule has 4 rings (SSSR count). The molecule has 0 atom stereocenters. The smallest absolute Gasteiger partial charge is 0.246 e. The molecule has 0 bridgehead atoms. The molecule has 1 saturated heterocycles. The van der Waals surface area contributed by atoms with Gasteiger partial charge in [0.25, 0.3) is 0 Å². The third kappa shape index (κ3) is 4.21. The Hall–Kier alpha value is -3.19. The van der Waals surface area contributed by atoms with E-state index in [1.54, 1.807) is 24.4 Å². The fourth-order valence-electron chi connectivity index (χ4n) is 3.41. The summed E-state index contributed by atoms with van der Waals surface area (Å²) in [5.41, 5.74) is 2.01. The van der Waals surface area contributed by atoms with E-state index in [1.165, 1.54) is 22.9 Å². The van der Waals surface area contributed by atoms with Crippen molar-refractivity contribution >= 4 is 29.4 Å². The van der Waals surface area contributed by atoms with Crippen molar-refractivity contribution in [3.8, 4) is 5.69 Å². The summed E-state index contributed by atoms with van der Waals surface area (Å²) in [6.07, 6.45) is 4.99. The normalized spacial score (nSPS) is 14.5. The SMILES string of the molecule is Cc1nn(-c2ccc(F)cc2)c(Cl)c1/C=C/C(=O)N1CCN(c2ccccn2)CC1. The first-order chi connectivity index (χ1) is 14.5. The van der Waals surface area contributed by atoms with Crippen LogP contribution in [0.5, 0.6) is 0 Å². The number of aromatic nitrogens is 3. The maximum absolute atomic E-state index is 13.2. The third-order valence-electron chi connectivity index (χ3n) is 5.08. The molecular weight excluding hydrogens is 405 g/mol. The fourth-order valence-corrected chi connectivity index (χ4v) is 3.75. The zero-order valence-corrected chi connectivity index (χ0v) is 17.3. The van der Waals surface area contributed by atoms with E-state index in [2.05, 4.69) is 15.0 Å². The van der Waals surface area contributed by atoms with E-state index in [-0.39, 0.29) is 11.7 Å². The molecule has 6 nitrogen and oxygen atoms in total. The van der Waals surface area contributed by atoms with Crippen LogP contribution >= 0.6 is 11.6 Å². The van der Waals surface area contributed by atoms with Crippen molar-refractivity contribution in [2.75, 3.05) is 31.1 Å². The first-order valence-electron chi connectivity index (χ1n) is 9.67. The predicted molar refractivity (Wildman–Crippen MR) is 115 cm³/mol. The Labute approximate surface area is 179 Å². The number of hydrogen-bond acceptors (Lipinski definition) is 4. The second-order valence-electron chi connectivity index (χ2n) is 7.01. The molecule has 0 aliphatic carbocycles. The zero-order chi connectivity index (χ0) is 21.1. The van der Waals surface area contributed by atoms with Crippen molar-refractivity contribution < 1.29 is 9.18 Å². The van der Waals surface area contributed by atoms with Gasteiger partial charge in [0, 0.05) is 44.0 Å². The molecular formula is C22H21ClFN5O. The molecule has 1 amide bonds. The van der Waals surface area contributed by atoms with Crippen LogP contribution in [0.15, 0.2) is 54.7 Å². The van der Waals surface area contributed by atoms with Gasteiger partial charge in [-0.25, -0.2) is 14.1 Å². The number of aryl methyl sites for hydroxylation is 1. The Morgan fingerprint density at radius 1 is 1.10 bits per heavy atom. The zero-order valence-electron chi connectivity index (χ0n) is 16.5. The van der Waals surface area contributed by atoms with E-state index < -0.39 is 0 Å². The lowest BCUT2D eigenvalue weighted by molar-refractivity contribution is -0.126. The molecule has 0 saturated carbocycles. The minimum atomic E-state index is -0.326. The van der Waals surface area contributed by atoms with Gasteiger partial charge >= 0.3 is 0 Å². The number of anilines is 1. The molecule has 0 unspecified atom stereocenters. The monoisotopic (exact) mass is 425 g/mol. The van der Waals surface area contributed by atoms with Crippen molar-refractivity contribution in [1.82, 2.24) is 19.7 Å². The Morgan fingerprint density at radius 3 is 2.50 bits per heavy atom. The molecule has 8 heteroatoms. The van der Waals surface area contributed by atoms with Crippen LogP contribution < -0.4 is 4.90 Å². The number of pyridine rings is 1. The summed E-state index contributed by atoms with van der Waals surface area (Å²) in [7, 11) is 0. The third-order valence-corrected chi connectivity index (χ3v) is 5.44. The summed E-state index contributed by atoms with van der Waals surface area (Å²) >= 11 is 6.48. The van der Waals surface area contributed by atoms with Crippen LogP contribution in [0, 0.1) is 12.7 Å². The van der Waals surface area contributed by atoms with Crippen molar-refractivity contribution in [3.63, 3.8) is 0 Å². The van der Waals surface area contributed by atoms with E-state index in [9.17, 15) is 9.18 Å². The van der Waals surface area contributed by atoms with Crippen LogP contribution in [-0.4, -0.2) is 51.8 Å². The van der Waals surface area contributed by atoms with E-state index in [0.29, 0.717) is 35.2 Å². The summed E-state index contributed by atoms with van der Waals surface area (Å²) in [6.45, 7) is 4.54. The second kappa shape index (κ2) is 8.67. The summed E-state index contributed by atoms with van der Waals surface area (Å²) in [5, 5.41) is 4.79. The Kier molecular flexibility index (Phi) is 5.81. The summed E-state index contributed by atoms with van der Waals surface area (Å²) in [6, 6.07) is 11.7. The lowest BCUT2D eigenvalue weighted by Gasteiger charge is -2.34. The minimum absolute atomic E-state index is 0.0688. The molecule has 3 heterocycles. The van der Waals surface area contributed by atoms with Gasteiger partial charge in [-0.15, -0.1) is 0 Å². The van der Waals surface area contributed by atoms with Gasteiger partial charge in [-0.2, -0.15) is 5.10 Å². The predicted octanol–water partition coefficient (Wildman–Crippen LogP) is 3.73. The van der Waals surface area contributed by atoms with Crippen molar-refractivity contribution in [2.24, 2.45) is 0 Å². The van der Waals surface area contributed by atoms with Crippen molar-refractivity contribution in [1.29, 1.82) is 0 Å². The van der Waals surface area contributed by atoms with Gasteiger partial charge in [-0.3, -0.25) is 4.79 Å². The van der Waals surface area contributed by atoms with Gasteiger partial charge in [0.2, 0.25) is 5.91 Å². The number of piperazine rings is 1. The van der Waals surface area contributed by atoms with Gasteiger partial charge in [-0.05, 0) is 49.4 Å². The van der Waals surface area contributed by atoms with Crippen LogP contribution in [0.25, 0.3) is 11.8 Å². The molecule has 1 fully saturated rings. The number of carbonyl (C=O) groups is 1. The number of amides is 1. The first kappa shape index (κ1) is 20.1. The van der Waals surface area contributed by atoms with Crippen molar-refractivity contribution in [3.05, 3.63) is 77.0 Å². The molecule has 0 radical (unpaired) electrons. The van der Waals surface area contributed by atoms with Gasteiger partial charge in [0.15, 0.2) is 0 Å². The van der Waals surface area contributed by atoms with Gasteiger partial charge in [0.05, 0.1) is 11.4 Å². The highest BCUT2D eigenvalue weighted by atomic mass is 35.5. The van der Waals surface area contributed by atoms with Crippen LogP contribution in [0.2, 0.25) is 5.15 Å². The van der Waals surface area contributed by atoms with Crippen LogP contribution in [0.4, 0.5) is 10.2 Å². The average Bonchev–Trinajstić information content (AvgIpc) is 3.06. The van der Waals surface area contributed by atoms with E-state index in [1.807, 2.05) is 30.0 Å². The molecule has 1 aliphatic rings. The number of hydrogen-bond donors (Lipinski definition) is 0. The van der Waals surface area contributed by atoms with Crippen LogP contribution in [0.1, 0.15) is 11.3 Å². The molecule has 0 spiro atoms. The quantitative estimate of drug-likeness (QED) is 0.598. The van der Waals surface area contributed by atoms with Crippen LogP contribution in [0.3, 0.4) is 0 Å². The molecule has 0 N–H and O–H groups in total. The number of nitrogens with zero attached hydrogens (tertiary/aromatic N) is 5. The largest absolute Gasteiger partial charge is 0.353 e. The van der Waals surface area contributed by atoms with Gasteiger partial charge in [0.1, 0.15) is 16.8 Å². The average molecular weight is 426 g/mol. The Morgan fingerprint density at radius 2 is 1.83 bits per heavy atom. The Balaban J connectivity index is 1.43. The minimum Gasteiger partial charge on any atom is -0.353 e. The molecule has 1 aromatic carbocycles. The standard InChI is InChI=1S/C22H21ClFN5O/c1-16-19(22(23)29(26-16)18-7-5-17(24)6-8-18)9-10-21(30)28-14-12-27(13-15-28)20-4-2-3-11-25-20/h2-11H,12-15H2,1H3/b10-9+. The van der Waals surface area contributed by atoms with E-state index >= 15 is 0 Å².